The van der Waals surface area contributed by atoms with Crippen LogP contribution >= 0.6 is 0 Å². The maximum Gasteiger partial charge on any atom is 0.244 e. The molecule has 1 amide bonds. The van der Waals surface area contributed by atoms with E-state index in [1.165, 1.54) is 4.68 Å². The summed E-state index contributed by atoms with van der Waals surface area (Å²) in [6, 6.07) is -0.692. The third kappa shape index (κ3) is 3.62. The molecule has 1 aliphatic rings. The van der Waals surface area contributed by atoms with Gasteiger partial charge in [-0.15, -0.1) is 0 Å². The number of amides is 1. The van der Waals surface area contributed by atoms with Gasteiger partial charge in [-0.25, -0.2) is 8.42 Å². The van der Waals surface area contributed by atoms with E-state index in [0.717, 1.165) is 12.8 Å². The molecule has 9 heteroatoms. The fourth-order valence-electron chi connectivity index (χ4n) is 3.31. The zero-order valence-electron chi connectivity index (χ0n) is 15.0. The van der Waals surface area contributed by atoms with Crippen LogP contribution < -0.4 is 10.0 Å². The van der Waals surface area contributed by atoms with Crippen LogP contribution in [0.15, 0.2) is 4.90 Å². The predicted octanol–water partition coefficient (Wildman–Crippen LogP) is -0.0859. The molecule has 2 N–H and O–H groups in total. The highest BCUT2D eigenvalue weighted by atomic mass is 32.2. The molecule has 1 aliphatic heterocycles. The van der Waals surface area contributed by atoms with Gasteiger partial charge in [-0.2, -0.15) is 9.82 Å². The first-order chi connectivity index (χ1) is 11.2. The average molecular weight is 357 g/mol. The van der Waals surface area contributed by atoms with Crippen LogP contribution in [0.5, 0.6) is 0 Å². The second-order valence-electron chi connectivity index (χ2n) is 6.35. The molecule has 2 heterocycles. The zero-order chi connectivity index (χ0) is 18.1. The Hall–Kier alpha value is -1.45. The molecule has 2 rings (SSSR count). The van der Waals surface area contributed by atoms with Crippen molar-refractivity contribution in [3.63, 3.8) is 0 Å². The van der Waals surface area contributed by atoms with Gasteiger partial charge in [0, 0.05) is 26.2 Å². The lowest BCUT2D eigenvalue weighted by atomic mass is 10.2. The molecule has 0 aromatic carbocycles. The molecule has 0 spiro atoms. The summed E-state index contributed by atoms with van der Waals surface area (Å²) in [4.78, 5) is 14.6. The fraction of sp³-hybridized carbons (Fsp3) is 0.733. The molecule has 2 unspecified atom stereocenters. The van der Waals surface area contributed by atoms with Crippen molar-refractivity contribution in [2.45, 2.75) is 50.6 Å². The molecule has 0 radical (unpaired) electrons. The summed E-state index contributed by atoms with van der Waals surface area (Å²) in [5.74, 6) is -0.185. The number of aromatic nitrogens is 2. The minimum Gasteiger partial charge on any atom is -0.337 e. The Bertz CT molecular complexity index is 713. The fourth-order valence-corrected chi connectivity index (χ4v) is 4.94. The largest absolute Gasteiger partial charge is 0.337 e. The molecule has 0 bridgehead atoms. The van der Waals surface area contributed by atoms with Gasteiger partial charge in [0.2, 0.25) is 15.9 Å². The van der Waals surface area contributed by atoms with E-state index in [4.69, 9.17) is 0 Å². The number of hydrogen-bond acceptors (Lipinski definition) is 5. The number of nitrogens with zero attached hydrogens (tertiary/aromatic N) is 3. The Kier molecular flexibility index (Phi) is 5.67. The van der Waals surface area contributed by atoms with Crippen LogP contribution in [0.25, 0.3) is 0 Å². The molecule has 1 fully saturated rings. The molecule has 0 aliphatic carbocycles. The molecule has 1 aromatic heterocycles. The number of aryl methyl sites for hydroxylation is 2. The summed E-state index contributed by atoms with van der Waals surface area (Å²) in [6.45, 7) is 6.33. The van der Waals surface area contributed by atoms with Gasteiger partial charge < -0.3 is 10.2 Å². The van der Waals surface area contributed by atoms with Crippen LogP contribution in [0.2, 0.25) is 0 Å². The summed E-state index contributed by atoms with van der Waals surface area (Å²) in [5.41, 5.74) is 0.977. The normalized spacial score (nSPS) is 19.7. The van der Waals surface area contributed by atoms with Crippen molar-refractivity contribution in [3.8, 4) is 0 Å². The molecule has 1 saturated heterocycles. The molecular weight excluding hydrogens is 330 g/mol. The van der Waals surface area contributed by atoms with E-state index in [9.17, 15) is 13.2 Å². The van der Waals surface area contributed by atoms with Crippen molar-refractivity contribution in [1.82, 2.24) is 24.7 Å². The highest BCUT2D eigenvalue weighted by molar-refractivity contribution is 7.89. The maximum absolute atomic E-state index is 12.7. The Labute approximate surface area is 143 Å². The minimum atomic E-state index is -3.80. The van der Waals surface area contributed by atoms with Gasteiger partial charge in [-0.1, -0.05) is 0 Å². The van der Waals surface area contributed by atoms with Crippen molar-refractivity contribution in [3.05, 3.63) is 11.4 Å². The second kappa shape index (κ2) is 7.20. The third-order valence-corrected chi connectivity index (χ3v) is 6.31. The highest BCUT2D eigenvalue weighted by Crippen LogP contribution is 2.21. The van der Waals surface area contributed by atoms with E-state index < -0.39 is 16.1 Å². The number of hydrogen-bond donors (Lipinski definition) is 2. The molecule has 24 heavy (non-hydrogen) atoms. The monoisotopic (exact) mass is 357 g/mol. The number of nitrogens with one attached hydrogen (secondary N) is 2. The summed E-state index contributed by atoms with van der Waals surface area (Å²) in [6.07, 6.45) is 1.88. The van der Waals surface area contributed by atoms with Crippen molar-refractivity contribution >= 4 is 15.9 Å². The van der Waals surface area contributed by atoms with Gasteiger partial charge in [-0.3, -0.25) is 9.48 Å². The van der Waals surface area contributed by atoms with Crippen molar-refractivity contribution in [1.29, 1.82) is 0 Å². The van der Waals surface area contributed by atoms with E-state index in [-0.39, 0.29) is 16.8 Å². The number of carbonyl (C=O) groups excluding carboxylic acids is 1. The lowest BCUT2D eigenvalue weighted by Crippen LogP contribution is -2.50. The van der Waals surface area contributed by atoms with Crippen LogP contribution in [-0.4, -0.2) is 61.2 Å². The summed E-state index contributed by atoms with van der Waals surface area (Å²) >= 11 is 0. The van der Waals surface area contributed by atoms with Gasteiger partial charge in [-0.05, 0) is 40.7 Å². The SMILES string of the molecule is CNCC1CCCN1C(=O)C(C)NS(=O)(=O)c1c(C)nn(C)c1C. The van der Waals surface area contributed by atoms with Crippen molar-refractivity contribution in [2.75, 3.05) is 20.1 Å². The average Bonchev–Trinajstić information content (AvgIpc) is 3.03. The smallest absolute Gasteiger partial charge is 0.244 e. The molecule has 0 saturated carbocycles. The maximum atomic E-state index is 12.7. The first kappa shape index (κ1) is 18.9. The molecule has 2 atom stereocenters. The number of rotatable bonds is 6. The van der Waals surface area contributed by atoms with Crippen LogP contribution in [0.3, 0.4) is 0 Å². The molecule has 8 nitrogen and oxygen atoms in total. The number of carbonyl (C=O) groups is 1. The van der Waals surface area contributed by atoms with Gasteiger partial charge in [0.1, 0.15) is 4.90 Å². The van der Waals surface area contributed by atoms with Crippen LogP contribution in [0.4, 0.5) is 0 Å². The lowest BCUT2D eigenvalue weighted by molar-refractivity contribution is -0.133. The Morgan fingerprint density at radius 1 is 1.42 bits per heavy atom. The molecule has 1 aromatic rings. The van der Waals surface area contributed by atoms with Crippen LogP contribution in [-0.2, 0) is 21.9 Å². The van der Waals surface area contributed by atoms with Crippen LogP contribution in [0.1, 0.15) is 31.2 Å². The van der Waals surface area contributed by atoms with E-state index in [2.05, 4.69) is 15.1 Å². The zero-order valence-corrected chi connectivity index (χ0v) is 15.8. The Morgan fingerprint density at radius 2 is 2.08 bits per heavy atom. The number of sulfonamides is 1. The van der Waals surface area contributed by atoms with Gasteiger partial charge in [0.05, 0.1) is 17.4 Å². The van der Waals surface area contributed by atoms with E-state index in [0.29, 0.717) is 24.5 Å². The van der Waals surface area contributed by atoms with Gasteiger partial charge >= 0.3 is 0 Å². The number of likely N-dealkylation sites (tertiary alicyclic amines) is 1. The Balaban J connectivity index is 2.16. The lowest BCUT2D eigenvalue weighted by Gasteiger charge is -2.27. The predicted molar refractivity (Wildman–Crippen MR) is 91.1 cm³/mol. The third-order valence-electron chi connectivity index (χ3n) is 4.51. The van der Waals surface area contributed by atoms with Gasteiger partial charge in [0.15, 0.2) is 0 Å². The standard InChI is InChI=1S/C15H27N5O3S/c1-10-14(12(3)19(5)17-10)24(22,23)18-11(2)15(21)20-8-6-7-13(20)9-16-4/h11,13,16,18H,6-9H2,1-5H3. The second-order valence-corrected chi connectivity index (χ2v) is 8.00. The van der Waals surface area contributed by atoms with E-state index in [1.807, 2.05) is 7.05 Å². The number of likely N-dealkylation sites (N-methyl/N-ethyl adjacent to an activating group) is 1. The first-order valence-electron chi connectivity index (χ1n) is 8.16. The first-order valence-corrected chi connectivity index (χ1v) is 9.65. The molecular formula is C15H27N5O3S. The van der Waals surface area contributed by atoms with Crippen molar-refractivity contribution in [2.24, 2.45) is 7.05 Å². The Morgan fingerprint density at radius 3 is 2.62 bits per heavy atom. The molecule has 136 valence electrons. The highest BCUT2D eigenvalue weighted by Gasteiger charge is 2.34. The van der Waals surface area contributed by atoms with E-state index in [1.54, 1.807) is 32.7 Å². The summed E-state index contributed by atoms with van der Waals surface area (Å²) in [7, 11) is -0.256. The topological polar surface area (TPSA) is 96.3 Å². The summed E-state index contributed by atoms with van der Waals surface area (Å²) in [5, 5.41) is 7.22. The van der Waals surface area contributed by atoms with Crippen molar-refractivity contribution < 1.29 is 13.2 Å². The minimum absolute atomic E-state index is 0.122. The quantitative estimate of drug-likeness (QED) is 0.742. The van der Waals surface area contributed by atoms with Crippen LogP contribution in [0, 0.1) is 13.8 Å². The van der Waals surface area contributed by atoms with E-state index >= 15 is 0 Å². The van der Waals surface area contributed by atoms with Gasteiger partial charge in [0.25, 0.3) is 0 Å². The summed E-state index contributed by atoms with van der Waals surface area (Å²) < 4.78 is 29.4.